The molecule has 124 valence electrons. The molecule has 0 saturated heterocycles. The number of nitrogens with zero attached hydrogens (tertiary/aromatic N) is 1. The van der Waals surface area contributed by atoms with Gasteiger partial charge in [-0.25, -0.2) is 4.79 Å². The largest absolute Gasteiger partial charge is 0.334 e. The molecule has 0 bridgehead atoms. The van der Waals surface area contributed by atoms with Crippen molar-refractivity contribution in [2.45, 2.75) is 26.4 Å². The monoisotopic (exact) mass is 323 g/mol. The molecule has 0 spiro atoms. The van der Waals surface area contributed by atoms with Gasteiger partial charge in [-0.2, -0.15) is 0 Å². The van der Waals surface area contributed by atoms with E-state index in [9.17, 15) is 9.59 Å². The Labute approximate surface area is 141 Å². The van der Waals surface area contributed by atoms with E-state index in [1.54, 1.807) is 11.8 Å². The molecular weight excluding hydrogens is 302 g/mol. The van der Waals surface area contributed by atoms with E-state index in [0.717, 1.165) is 35.3 Å². The Balaban J connectivity index is 1.52. The molecule has 1 aliphatic heterocycles. The van der Waals surface area contributed by atoms with Crippen LogP contribution in [0.3, 0.4) is 0 Å². The van der Waals surface area contributed by atoms with Gasteiger partial charge in [-0.3, -0.25) is 4.79 Å². The van der Waals surface area contributed by atoms with Crippen LogP contribution < -0.4 is 15.5 Å². The van der Waals surface area contributed by atoms with Crippen LogP contribution in [-0.2, 0) is 24.3 Å². The minimum absolute atomic E-state index is 0.0694. The van der Waals surface area contributed by atoms with Gasteiger partial charge in [0.05, 0.1) is 0 Å². The van der Waals surface area contributed by atoms with Gasteiger partial charge in [0.2, 0.25) is 5.91 Å². The van der Waals surface area contributed by atoms with Crippen molar-refractivity contribution in [3.63, 3.8) is 0 Å². The minimum Gasteiger partial charge on any atom is -0.334 e. The quantitative estimate of drug-likeness (QED) is 0.908. The molecule has 24 heavy (non-hydrogen) atoms. The lowest BCUT2D eigenvalue weighted by Gasteiger charge is -2.15. The zero-order chi connectivity index (χ0) is 16.9. The summed E-state index contributed by atoms with van der Waals surface area (Å²) in [5.41, 5.74) is 4.25. The van der Waals surface area contributed by atoms with Crippen LogP contribution in [-0.4, -0.2) is 18.5 Å². The average Bonchev–Trinajstić information content (AvgIpc) is 3.02. The third kappa shape index (κ3) is 3.74. The van der Waals surface area contributed by atoms with Crippen LogP contribution in [0.4, 0.5) is 10.5 Å². The highest BCUT2D eigenvalue weighted by molar-refractivity contribution is 5.93. The number of hydrogen-bond acceptors (Lipinski definition) is 2. The van der Waals surface area contributed by atoms with Crippen molar-refractivity contribution in [1.82, 2.24) is 10.6 Å². The van der Waals surface area contributed by atoms with E-state index in [1.807, 2.05) is 42.5 Å². The molecule has 3 rings (SSSR count). The number of anilines is 1. The predicted octanol–water partition coefficient (Wildman–Crippen LogP) is 2.60. The van der Waals surface area contributed by atoms with Crippen molar-refractivity contribution in [1.29, 1.82) is 0 Å². The number of rotatable bonds is 4. The number of carbonyl (C=O) groups excluding carboxylic acids is 2. The van der Waals surface area contributed by atoms with E-state index in [2.05, 4.69) is 16.7 Å². The average molecular weight is 323 g/mol. The second-order valence-electron chi connectivity index (χ2n) is 5.91. The second kappa shape index (κ2) is 7.17. The van der Waals surface area contributed by atoms with Gasteiger partial charge in [-0.05, 0) is 29.2 Å². The van der Waals surface area contributed by atoms with Crippen molar-refractivity contribution >= 4 is 17.6 Å². The smallest absolute Gasteiger partial charge is 0.315 e. The highest BCUT2D eigenvalue weighted by Gasteiger charge is 2.21. The lowest BCUT2D eigenvalue weighted by Crippen LogP contribution is -2.34. The van der Waals surface area contributed by atoms with Gasteiger partial charge in [0.1, 0.15) is 0 Å². The standard InChI is InChI=1S/C19H21N3O2/c1-14(23)22-10-9-17-11-16(7-8-18(17)22)13-21-19(24)20-12-15-5-3-2-4-6-15/h2-8,11H,9-10,12-13H2,1H3,(H2,20,21,24). The molecule has 3 amide bonds. The zero-order valence-corrected chi connectivity index (χ0v) is 13.7. The van der Waals surface area contributed by atoms with E-state index in [0.29, 0.717) is 13.1 Å². The van der Waals surface area contributed by atoms with E-state index < -0.39 is 0 Å². The Kier molecular flexibility index (Phi) is 4.79. The van der Waals surface area contributed by atoms with Crippen molar-refractivity contribution < 1.29 is 9.59 Å². The number of nitrogens with one attached hydrogen (secondary N) is 2. The fraction of sp³-hybridized carbons (Fsp3) is 0.263. The maximum atomic E-state index is 11.9. The van der Waals surface area contributed by atoms with Crippen LogP contribution in [0.2, 0.25) is 0 Å². The topological polar surface area (TPSA) is 61.4 Å². The van der Waals surface area contributed by atoms with E-state index in [1.165, 1.54) is 0 Å². The van der Waals surface area contributed by atoms with Crippen molar-refractivity contribution in [3.8, 4) is 0 Å². The van der Waals surface area contributed by atoms with Gasteiger partial charge >= 0.3 is 6.03 Å². The molecule has 2 N–H and O–H groups in total. The number of urea groups is 1. The number of carbonyl (C=O) groups is 2. The number of hydrogen-bond donors (Lipinski definition) is 2. The van der Waals surface area contributed by atoms with E-state index in [-0.39, 0.29) is 11.9 Å². The Morgan fingerprint density at radius 3 is 2.42 bits per heavy atom. The maximum absolute atomic E-state index is 11.9. The lowest BCUT2D eigenvalue weighted by atomic mass is 10.1. The van der Waals surface area contributed by atoms with Crippen molar-refractivity contribution in [2.75, 3.05) is 11.4 Å². The lowest BCUT2D eigenvalue weighted by molar-refractivity contribution is -0.116. The molecule has 0 unspecified atom stereocenters. The molecule has 5 nitrogen and oxygen atoms in total. The molecule has 0 aromatic heterocycles. The van der Waals surface area contributed by atoms with Crippen LogP contribution >= 0.6 is 0 Å². The Bertz CT molecular complexity index is 744. The number of benzene rings is 2. The normalized spacial score (nSPS) is 12.6. The summed E-state index contributed by atoms with van der Waals surface area (Å²) in [6.07, 6.45) is 0.864. The molecule has 0 aliphatic carbocycles. The first kappa shape index (κ1) is 16.1. The first-order chi connectivity index (χ1) is 11.6. The molecule has 0 fully saturated rings. The Morgan fingerprint density at radius 1 is 1.00 bits per heavy atom. The van der Waals surface area contributed by atoms with Gasteiger partial charge < -0.3 is 15.5 Å². The zero-order valence-electron chi connectivity index (χ0n) is 13.7. The molecule has 0 saturated carbocycles. The molecule has 0 atom stereocenters. The van der Waals surface area contributed by atoms with E-state index >= 15 is 0 Å². The summed E-state index contributed by atoms with van der Waals surface area (Å²) in [7, 11) is 0. The molecule has 2 aromatic carbocycles. The summed E-state index contributed by atoms with van der Waals surface area (Å²) < 4.78 is 0. The maximum Gasteiger partial charge on any atom is 0.315 e. The molecular formula is C19H21N3O2. The Morgan fingerprint density at radius 2 is 1.71 bits per heavy atom. The third-order valence-corrected chi connectivity index (χ3v) is 4.17. The Hall–Kier alpha value is -2.82. The summed E-state index contributed by atoms with van der Waals surface area (Å²) in [5.74, 6) is 0.0694. The highest BCUT2D eigenvalue weighted by atomic mass is 16.2. The second-order valence-corrected chi connectivity index (χ2v) is 5.91. The summed E-state index contributed by atoms with van der Waals surface area (Å²) in [5, 5.41) is 5.70. The van der Waals surface area contributed by atoms with Gasteiger partial charge in [0, 0.05) is 32.2 Å². The predicted molar refractivity (Wildman–Crippen MR) is 93.7 cm³/mol. The van der Waals surface area contributed by atoms with Crippen molar-refractivity contribution in [2.24, 2.45) is 0 Å². The molecule has 2 aromatic rings. The van der Waals surface area contributed by atoms with Crippen LogP contribution in [0.1, 0.15) is 23.6 Å². The number of fused-ring (bicyclic) bond motifs is 1. The molecule has 5 heteroatoms. The summed E-state index contributed by atoms with van der Waals surface area (Å²) in [4.78, 5) is 25.2. The summed E-state index contributed by atoms with van der Waals surface area (Å²) >= 11 is 0. The first-order valence-electron chi connectivity index (χ1n) is 8.09. The SMILES string of the molecule is CC(=O)N1CCc2cc(CNC(=O)NCc3ccccc3)ccc21. The fourth-order valence-electron chi connectivity index (χ4n) is 2.92. The van der Waals surface area contributed by atoms with Gasteiger partial charge in [-0.1, -0.05) is 42.5 Å². The summed E-state index contributed by atoms with van der Waals surface area (Å²) in [6.45, 7) is 3.29. The molecule has 1 aliphatic rings. The molecule has 0 radical (unpaired) electrons. The van der Waals surface area contributed by atoms with Gasteiger partial charge in [0.25, 0.3) is 0 Å². The molecule has 1 heterocycles. The van der Waals surface area contributed by atoms with Crippen LogP contribution in [0.15, 0.2) is 48.5 Å². The van der Waals surface area contributed by atoms with Crippen LogP contribution in [0, 0.1) is 0 Å². The van der Waals surface area contributed by atoms with Crippen LogP contribution in [0.5, 0.6) is 0 Å². The van der Waals surface area contributed by atoms with Gasteiger partial charge in [0.15, 0.2) is 0 Å². The third-order valence-electron chi connectivity index (χ3n) is 4.17. The first-order valence-corrected chi connectivity index (χ1v) is 8.09. The highest BCUT2D eigenvalue weighted by Crippen LogP contribution is 2.28. The van der Waals surface area contributed by atoms with Gasteiger partial charge in [-0.15, -0.1) is 0 Å². The summed E-state index contributed by atoms with van der Waals surface area (Å²) in [6, 6.07) is 15.6. The number of amides is 3. The van der Waals surface area contributed by atoms with Crippen LogP contribution in [0.25, 0.3) is 0 Å². The van der Waals surface area contributed by atoms with E-state index in [4.69, 9.17) is 0 Å². The fourth-order valence-corrected chi connectivity index (χ4v) is 2.92. The van der Waals surface area contributed by atoms with Crippen molar-refractivity contribution in [3.05, 3.63) is 65.2 Å². The minimum atomic E-state index is -0.190.